The summed E-state index contributed by atoms with van der Waals surface area (Å²) in [6.07, 6.45) is 1.39. The molecule has 2 rings (SSSR count). The smallest absolute Gasteiger partial charge is 0.357 e. The van der Waals surface area contributed by atoms with Crippen LogP contribution in [-0.2, 0) is 11.3 Å². The SMILES string of the molecule is N#Cc1ccccc1COC(=O)c1ccc(N)cn1. The minimum absolute atomic E-state index is 0.0363. The Morgan fingerprint density at radius 1 is 1.32 bits per heavy atom. The van der Waals surface area contributed by atoms with Gasteiger partial charge in [-0.2, -0.15) is 5.26 Å². The lowest BCUT2D eigenvalue weighted by Crippen LogP contribution is -2.08. The number of anilines is 1. The Kier molecular flexibility index (Phi) is 3.74. The van der Waals surface area contributed by atoms with Gasteiger partial charge in [0.05, 0.1) is 23.5 Å². The first-order valence-electron chi connectivity index (χ1n) is 5.57. The van der Waals surface area contributed by atoms with Crippen molar-refractivity contribution in [2.45, 2.75) is 6.61 Å². The van der Waals surface area contributed by atoms with E-state index >= 15 is 0 Å². The molecule has 5 nitrogen and oxygen atoms in total. The van der Waals surface area contributed by atoms with Gasteiger partial charge in [0.2, 0.25) is 0 Å². The van der Waals surface area contributed by atoms with Gasteiger partial charge in [-0.15, -0.1) is 0 Å². The van der Waals surface area contributed by atoms with Gasteiger partial charge in [-0.3, -0.25) is 0 Å². The Labute approximate surface area is 110 Å². The van der Waals surface area contributed by atoms with Gasteiger partial charge < -0.3 is 10.5 Å². The van der Waals surface area contributed by atoms with Crippen LogP contribution in [0.5, 0.6) is 0 Å². The fourth-order valence-corrected chi connectivity index (χ4v) is 1.50. The number of pyridine rings is 1. The molecule has 2 N–H and O–H groups in total. The van der Waals surface area contributed by atoms with Gasteiger partial charge in [0, 0.05) is 5.56 Å². The number of ether oxygens (including phenoxy) is 1. The maximum atomic E-state index is 11.7. The topological polar surface area (TPSA) is 89.0 Å². The highest BCUT2D eigenvalue weighted by atomic mass is 16.5. The lowest BCUT2D eigenvalue weighted by Gasteiger charge is -2.05. The minimum atomic E-state index is -0.548. The molecule has 2 aromatic rings. The quantitative estimate of drug-likeness (QED) is 0.844. The Balaban J connectivity index is 2.05. The summed E-state index contributed by atoms with van der Waals surface area (Å²) in [4.78, 5) is 15.6. The summed E-state index contributed by atoms with van der Waals surface area (Å²) in [6, 6.07) is 12.1. The summed E-state index contributed by atoms with van der Waals surface area (Å²) in [5, 5.41) is 8.91. The highest BCUT2D eigenvalue weighted by Crippen LogP contribution is 2.10. The molecule has 0 aliphatic heterocycles. The average molecular weight is 253 g/mol. The molecule has 1 aromatic heterocycles. The molecule has 0 amide bonds. The summed E-state index contributed by atoms with van der Waals surface area (Å²) >= 11 is 0. The number of benzene rings is 1. The molecule has 0 bridgehead atoms. The third-order valence-electron chi connectivity index (χ3n) is 2.49. The first-order chi connectivity index (χ1) is 9.20. The van der Waals surface area contributed by atoms with Crippen molar-refractivity contribution in [1.29, 1.82) is 5.26 Å². The van der Waals surface area contributed by atoms with Crippen LogP contribution in [0.15, 0.2) is 42.6 Å². The fraction of sp³-hybridized carbons (Fsp3) is 0.0714. The van der Waals surface area contributed by atoms with Gasteiger partial charge in [0.15, 0.2) is 0 Å². The van der Waals surface area contributed by atoms with Crippen molar-refractivity contribution < 1.29 is 9.53 Å². The predicted octanol–water partition coefficient (Wildman–Crippen LogP) is 1.89. The molecule has 0 aliphatic rings. The Morgan fingerprint density at radius 2 is 2.11 bits per heavy atom. The average Bonchev–Trinajstić information content (AvgIpc) is 2.45. The zero-order chi connectivity index (χ0) is 13.7. The van der Waals surface area contributed by atoms with Crippen LogP contribution in [-0.4, -0.2) is 11.0 Å². The van der Waals surface area contributed by atoms with E-state index in [1.165, 1.54) is 12.3 Å². The number of aromatic nitrogens is 1. The minimum Gasteiger partial charge on any atom is -0.456 e. The number of rotatable bonds is 3. The van der Waals surface area contributed by atoms with Crippen molar-refractivity contribution in [3.8, 4) is 6.07 Å². The molecule has 0 saturated carbocycles. The van der Waals surface area contributed by atoms with Crippen LogP contribution < -0.4 is 5.73 Å². The van der Waals surface area contributed by atoms with Gasteiger partial charge in [-0.05, 0) is 18.2 Å². The molecule has 5 heteroatoms. The van der Waals surface area contributed by atoms with E-state index in [1.54, 1.807) is 30.3 Å². The maximum Gasteiger partial charge on any atom is 0.357 e. The molecular weight excluding hydrogens is 242 g/mol. The lowest BCUT2D eigenvalue weighted by molar-refractivity contribution is 0.0465. The molecule has 0 fully saturated rings. The van der Waals surface area contributed by atoms with Gasteiger partial charge in [0.1, 0.15) is 12.3 Å². The number of nitrogen functional groups attached to an aromatic ring is 1. The van der Waals surface area contributed by atoms with E-state index in [1.807, 2.05) is 6.07 Å². The third-order valence-corrected chi connectivity index (χ3v) is 2.49. The van der Waals surface area contributed by atoms with E-state index < -0.39 is 5.97 Å². The standard InChI is InChI=1S/C14H11N3O2/c15-7-10-3-1-2-4-11(10)9-19-14(18)13-6-5-12(16)8-17-13/h1-6,8H,9,16H2. The molecule has 1 heterocycles. The number of esters is 1. The second-order valence-electron chi connectivity index (χ2n) is 3.82. The van der Waals surface area contributed by atoms with Crippen LogP contribution in [0.3, 0.4) is 0 Å². The third kappa shape index (κ3) is 3.07. The first-order valence-corrected chi connectivity index (χ1v) is 5.57. The Hall–Kier alpha value is -2.87. The molecular formula is C14H11N3O2. The molecule has 1 aromatic carbocycles. The van der Waals surface area contributed by atoms with E-state index in [2.05, 4.69) is 4.98 Å². The zero-order valence-electron chi connectivity index (χ0n) is 10.0. The van der Waals surface area contributed by atoms with E-state index in [4.69, 9.17) is 15.7 Å². The second-order valence-corrected chi connectivity index (χ2v) is 3.82. The van der Waals surface area contributed by atoms with Crippen molar-refractivity contribution >= 4 is 11.7 Å². The summed E-state index contributed by atoms with van der Waals surface area (Å²) < 4.78 is 5.10. The highest BCUT2D eigenvalue weighted by molar-refractivity contribution is 5.87. The summed E-state index contributed by atoms with van der Waals surface area (Å²) in [5.74, 6) is -0.548. The largest absolute Gasteiger partial charge is 0.456 e. The van der Waals surface area contributed by atoms with Gasteiger partial charge in [0.25, 0.3) is 0 Å². The number of carbonyl (C=O) groups excluding carboxylic acids is 1. The van der Waals surface area contributed by atoms with Crippen LogP contribution in [0.4, 0.5) is 5.69 Å². The fourth-order valence-electron chi connectivity index (χ4n) is 1.50. The summed E-state index contributed by atoms with van der Waals surface area (Å²) in [6.45, 7) is 0.0363. The number of nitriles is 1. The van der Waals surface area contributed by atoms with Gasteiger partial charge in [-0.25, -0.2) is 9.78 Å². The molecule has 94 valence electrons. The number of nitrogens with zero attached hydrogens (tertiary/aromatic N) is 2. The van der Waals surface area contributed by atoms with Crippen molar-refractivity contribution in [3.05, 3.63) is 59.4 Å². The Morgan fingerprint density at radius 3 is 2.79 bits per heavy atom. The van der Waals surface area contributed by atoms with Crippen molar-refractivity contribution in [3.63, 3.8) is 0 Å². The lowest BCUT2D eigenvalue weighted by atomic mass is 10.1. The number of hydrogen-bond acceptors (Lipinski definition) is 5. The monoisotopic (exact) mass is 253 g/mol. The second kappa shape index (κ2) is 5.65. The normalized spacial score (nSPS) is 9.63. The summed E-state index contributed by atoms with van der Waals surface area (Å²) in [5.41, 5.74) is 7.29. The predicted molar refractivity (Wildman–Crippen MR) is 68.9 cm³/mol. The number of nitrogens with two attached hydrogens (primary N) is 1. The molecule has 0 atom stereocenters. The maximum absolute atomic E-state index is 11.7. The first kappa shape index (κ1) is 12.6. The van der Waals surface area contributed by atoms with E-state index in [0.717, 1.165) is 0 Å². The van der Waals surface area contributed by atoms with Crippen LogP contribution in [0.2, 0.25) is 0 Å². The van der Waals surface area contributed by atoms with Crippen LogP contribution in [0, 0.1) is 11.3 Å². The van der Waals surface area contributed by atoms with Crippen molar-refractivity contribution in [2.75, 3.05) is 5.73 Å². The van der Waals surface area contributed by atoms with Crippen molar-refractivity contribution in [2.24, 2.45) is 0 Å². The van der Waals surface area contributed by atoms with E-state index in [-0.39, 0.29) is 12.3 Å². The molecule has 0 saturated heterocycles. The van der Waals surface area contributed by atoms with E-state index in [9.17, 15) is 4.79 Å². The number of hydrogen-bond donors (Lipinski definition) is 1. The van der Waals surface area contributed by atoms with Crippen molar-refractivity contribution in [1.82, 2.24) is 4.98 Å². The number of carbonyl (C=O) groups is 1. The van der Waals surface area contributed by atoms with Gasteiger partial charge >= 0.3 is 5.97 Å². The molecule has 0 unspecified atom stereocenters. The Bertz CT molecular complexity index is 630. The zero-order valence-corrected chi connectivity index (χ0v) is 10.0. The van der Waals surface area contributed by atoms with Crippen LogP contribution in [0.1, 0.15) is 21.6 Å². The molecule has 0 spiro atoms. The van der Waals surface area contributed by atoms with Crippen LogP contribution in [0.25, 0.3) is 0 Å². The van der Waals surface area contributed by atoms with Gasteiger partial charge in [-0.1, -0.05) is 18.2 Å². The van der Waals surface area contributed by atoms with E-state index in [0.29, 0.717) is 16.8 Å². The summed E-state index contributed by atoms with van der Waals surface area (Å²) in [7, 11) is 0. The molecule has 19 heavy (non-hydrogen) atoms. The molecule has 0 radical (unpaired) electrons. The molecule has 0 aliphatic carbocycles. The van der Waals surface area contributed by atoms with Crippen LogP contribution >= 0.6 is 0 Å². The highest BCUT2D eigenvalue weighted by Gasteiger charge is 2.10.